The highest BCUT2D eigenvalue weighted by Crippen LogP contribution is 2.17. The van der Waals surface area contributed by atoms with Crippen LogP contribution in [0.4, 0.5) is 5.69 Å². The number of hydrogen-bond donors (Lipinski definition) is 2. The van der Waals surface area contributed by atoms with Gasteiger partial charge in [0.1, 0.15) is 0 Å². The Kier molecular flexibility index (Phi) is 4.06. The van der Waals surface area contributed by atoms with Gasteiger partial charge >= 0.3 is 0 Å². The molecule has 2 rings (SSSR count). The van der Waals surface area contributed by atoms with Crippen LogP contribution >= 0.6 is 0 Å². The Balaban J connectivity index is 2.19. The lowest BCUT2D eigenvalue weighted by Crippen LogP contribution is -2.23. The summed E-state index contributed by atoms with van der Waals surface area (Å²) in [4.78, 5) is 4.20. The Labute approximate surface area is 118 Å². The summed E-state index contributed by atoms with van der Waals surface area (Å²) in [5.74, 6) is 0. The van der Waals surface area contributed by atoms with Crippen molar-refractivity contribution >= 4 is 15.7 Å². The molecule has 0 bridgehead atoms. The van der Waals surface area contributed by atoms with Crippen molar-refractivity contribution in [2.45, 2.75) is 25.3 Å². The monoisotopic (exact) mass is 291 g/mol. The van der Waals surface area contributed by atoms with Gasteiger partial charge in [0.15, 0.2) is 0 Å². The standard InChI is InChI=1S/C14H17N3O2S/c1-10-7-13(3-4-14(10)15)20(18,19)17-9-12-5-6-16-8-11(12)2/h3-8,17H,9,15H2,1-2H3. The highest BCUT2D eigenvalue weighted by atomic mass is 32.2. The van der Waals surface area contributed by atoms with E-state index in [0.29, 0.717) is 5.69 Å². The number of aromatic nitrogens is 1. The number of rotatable bonds is 4. The molecule has 0 atom stereocenters. The van der Waals surface area contributed by atoms with Gasteiger partial charge in [-0.15, -0.1) is 0 Å². The van der Waals surface area contributed by atoms with Crippen LogP contribution in [0.15, 0.2) is 41.6 Å². The van der Waals surface area contributed by atoms with Gasteiger partial charge in [-0.1, -0.05) is 0 Å². The lowest BCUT2D eigenvalue weighted by Gasteiger charge is -2.10. The molecule has 0 amide bonds. The minimum Gasteiger partial charge on any atom is -0.399 e. The van der Waals surface area contributed by atoms with Crippen LogP contribution in [0.5, 0.6) is 0 Å². The maximum absolute atomic E-state index is 12.2. The second-order valence-corrected chi connectivity index (χ2v) is 6.41. The van der Waals surface area contributed by atoms with E-state index in [1.807, 2.05) is 6.92 Å². The minimum absolute atomic E-state index is 0.218. The average molecular weight is 291 g/mol. The van der Waals surface area contributed by atoms with E-state index in [1.54, 1.807) is 37.5 Å². The predicted molar refractivity (Wildman–Crippen MR) is 78.6 cm³/mol. The quantitative estimate of drug-likeness (QED) is 0.841. The lowest BCUT2D eigenvalue weighted by atomic mass is 10.2. The fraction of sp³-hybridized carbons (Fsp3) is 0.214. The Morgan fingerprint density at radius 2 is 1.95 bits per heavy atom. The van der Waals surface area contributed by atoms with Crippen LogP contribution in [0.2, 0.25) is 0 Å². The number of nitrogen functional groups attached to an aromatic ring is 1. The fourth-order valence-corrected chi connectivity index (χ4v) is 2.86. The zero-order valence-corrected chi connectivity index (χ0v) is 12.2. The van der Waals surface area contributed by atoms with Gasteiger partial charge in [-0.2, -0.15) is 0 Å². The van der Waals surface area contributed by atoms with E-state index < -0.39 is 10.0 Å². The first kappa shape index (κ1) is 14.5. The number of nitrogens with two attached hydrogens (primary N) is 1. The number of sulfonamides is 1. The molecular weight excluding hydrogens is 274 g/mol. The van der Waals surface area contributed by atoms with Gasteiger partial charge in [0.05, 0.1) is 4.90 Å². The number of benzene rings is 1. The topological polar surface area (TPSA) is 85.1 Å². The predicted octanol–water partition coefficient (Wildman–Crippen LogP) is 1.76. The molecule has 1 aromatic heterocycles. The zero-order chi connectivity index (χ0) is 14.8. The normalized spacial score (nSPS) is 11.5. The second kappa shape index (κ2) is 5.60. The third-order valence-corrected chi connectivity index (χ3v) is 4.54. The molecule has 6 heteroatoms. The van der Waals surface area contributed by atoms with E-state index in [1.165, 1.54) is 6.07 Å². The Morgan fingerprint density at radius 1 is 1.20 bits per heavy atom. The van der Waals surface area contributed by atoms with E-state index in [9.17, 15) is 8.42 Å². The van der Waals surface area contributed by atoms with Crippen molar-refractivity contribution < 1.29 is 8.42 Å². The largest absolute Gasteiger partial charge is 0.399 e. The van der Waals surface area contributed by atoms with Gasteiger partial charge in [-0.3, -0.25) is 4.98 Å². The van der Waals surface area contributed by atoms with Crippen molar-refractivity contribution in [3.63, 3.8) is 0 Å². The first-order valence-electron chi connectivity index (χ1n) is 6.15. The summed E-state index contributed by atoms with van der Waals surface area (Å²) in [6.45, 7) is 3.91. The van der Waals surface area contributed by atoms with Gasteiger partial charge < -0.3 is 5.73 Å². The first-order chi connectivity index (χ1) is 9.40. The van der Waals surface area contributed by atoms with Gasteiger partial charge in [0, 0.05) is 24.6 Å². The van der Waals surface area contributed by atoms with Gasteiger partial charge in [0.2, 0.25) is 10.0 Å². The summed E-state index contributed by atoms with van der Waals surface area (Å²) in [5, 5.41) is 0. The molecular formula is C14H17N3O2S. The summed E-state index contributed by atoms with van der Waals surface area (Å²) in [6.07, 6.45) is 3.35. The van der Waals surface area contributed by atoms with E-state index in [0.717, 1.165) is 16.7 Å². The van der Waals surface area contributed by atoms with Gasteiger partial charge in [-0.25, -0.2) is 13.1 Å². The highest BCUT2D eigenvalue weighted by Gasteiger charge is 2.14. The van der Waals surface area contributed by atoms with Crippen molar-refractivity contribution in [1.82, 2.24) is 9.71 Å². The molecule has 1 heterocycles. The second-order valence-electron chi connectivity index (χ2n) is 4.65. The minimum atomic E-state index is -3.54. The molecule has 1 aromatic carbocycles. The number of nitrogens with zero attached hydrogens (tertiary/aromatic N) is 1. The molecule has 0 saturated carbocycles. The number of nitrogens with one attached hydrogen (secondary N) is 1. The van der Waals surface area contributed by atoms with Crippen LogP contribution in [0.3, 0.4) is 0 Å². The third-order valence-electron chi connectivity index (χ3n) is 3.14. The van der Waals surface area contributed by atoms with Crippen LogP contribution < -0.4 is 10.5 Å². The van der Waals surface area contributed by atoms with Crippen molar-refractivity contribution in [2.24, 2.45) is 0 Å². The Morgan fingerprint density at radius 3 is 2.60 bits per heavy atom. The van der Waals surface area contributed by atoms with Crippen molar-refractivity contribution in [3.05, 3.63) is 53.3 Å². The molecule has 0 spiro atoms. The molecule has 2 aromatic rings. The van der Waals surface area contributed by atoms with Crippen LogP contribution in [-0.2, 0) is 16.6 Å². The average Bonchev–Trinajstić information content (AvgIpc) is 2.41. The molecule has 0 saturated heterocycles. The Bertz CT molecular complexity index is 727. The van der Waals surface area contributed by atoms with E-state index in [-0.39, 0.29) is 11.4 Å². The maximum Gasteiger partial charge on any atom is 0.240 e. The number of anilines is 1. The van der Waals surface area contributed by atoms with Crippen molar-refractivity contribution in [3.8, 4) is 0 Å². The summed E-state index contributed by atoms with van der Waals surface area (Å²) in [5.41, 5.74) is 8.86. The van der Waals surface area contributed by atoms with Crippen molar-refractivity contribution in [1.29, 1.82) is 0 Å². The maximum atomic E-state index is 12.2. The molecule has 3 N–H and O–H groups in total. The summed E-state index contributed by atoms with van der Waals surface area (Å²) >= 11 is 0. The first-order valence-corrected chi connectivity index (χ1v) is 7.64. The SMILES string of the molecule is Cc1cc(S(=O)(=O)NCc2ccncc2C)ccc1N. The van der Waals surface area contributed by atoms with E-state index in [4.69, 9.17) is 5.73 Å². The molecule has 20 heavy (non-hydrogen) atoms. The Hall–Kier alpha value is -1.92. The molecule has 0 radical (unpaired) electrons. The zero-order valence-electron chi connectivity index (χ0n) is 11.4. The van der Waals surface area contributed by atoms with Gasteiger partial charge in [-0.05, 0) is 54.8 Å². The molecule has 0 unspecified atom stereocenters. The van der Waals surface area contributed by atoms with Crippen LogP contribution in [0, 0.1) is 13.8 Å². The third kappa shape index (κ3) is 3.15. The van der Waals surface area contributed by atoms with Crippen LogP contribution in [0.25, 0.3) is 0 Å². The van der Waals surface area contributed by atoms with E-state index in [2.05, 4.69) is 9.71 Å². The lowest BCUT2D eigenvalue weighted by molar-refractivity contribution is 0.581. The summed E-state index contributed by atoms with van der Waals surface area (Å²) in [7, 11) is -3.54. The molecule has 0 aliphatic rings. The molecule has 5 nitrogen and oxygen atoms in total. The molecule has 0 aliphatic heterocycles. The molecule has 0 fully saturated rings. The molecule has 106 valence electrons. The van der Waals surface area contributed by atoms with E-state index >= 15 is 0 Å². The number of pyridine rings is 1. The number of hydrogen-bond acceptors (Lipinski definition) is 4. The summed E-state index contributed by atoms with van der Waals surface area (Å²) in [6, 6.07) is 6.47. The highest BCUT2D eigenvalue weighted by molar-refractivity contribution is 7.89. The van der Waals surface area contributed by atoms with Crippen LogP contribution in [-0.4, -0.2) is 13.4 Å². The smallest absolute Gasteiger partial charge is 0.240 e. The van der Waals surface area contributed by atoms with Crippen LogP contribution in [0.1, 0.15) is 16.7 Å². The summed E-state index contributed by atoms with van der Waals surface area (Å²) < 4.78 is 27.0. The molecule has 0 aliphatic carbocycles. The van der Waals surface area contributed by atoms with Crippen molar-refractivity contribution in [2.75, 3.05) is 5.73 Å². The van der Waals surface area contributed by atoms with Gasteiger partial charge in [0.25, 0.3) is 0 Å². The fourth-order valence-electron chi connectivity index (χ4n) is 1.77. The number of aryl methyl sites for hydroxylation is 2.